The molecule has 2 N–H and O–H groups in total. The molecule has 1 saturated heterocycles. The van der Waals surface area contributed by atoms with Gasteiger partial charge in [-0.25, -0.2) is 0 Å². The first-order valence-electron chi connectivity index (χ1n) is 6.76. The molecule has 6 heteroatoms. The molecule has 19 heavy (non-hydrogen) atoms. The van der Waals surface area contributed by atoms with Gasteiger partial charge in [0.15, 0.2) is 0 Å². The largest absolute Gasteiger partial charge is 0.480 e. The molecule has 1 aliphatic rings. The Morgan fingerprint density at radius 2 is 2.21 bits per heavy atom. The molecular formula is C13H24N2O4. The van der Waals surface area contributed by atoms with Crippen LogP contribution >= 0.6 is 0 Å². The summed E-state index contributed by atoms with van der Waals surface area (Å²) in [5.74, 6) is -1.04. The van der Waals surface area contributed by atoms with E-state index in [0.29, 0.717) is 19.7 Å². The highest BCUT2D eigenvalue weighted by molar-refractivity contribution is 5.86. The van der Waals surface area contributed by atoms with E-state index in [1.54, 1.807) is 7.11 Å². The van der Waals surface area contributed by atoms with Crippen LogP contribution in [-0.4, -0.2) is 61.8 Å². The van der Waals surface area contributed by atoms with Crippen molar-refractivity contribution in [2.75, 3.05) is 39.9 Å². The number of hydrogen-bond donors (Lipinski definition) is 2. The van der Waals surface area contributed by atoms with Crippen LogP contribution in [0.25, 0.3) is 0 Å². The molecule has 0 saturated carbocycles. The van der Waals surface area contributed by atoms with Crippen LogP contribution in [0.4, 0.5) is 0 Å². The van der Waals surface area contributed by atoms with E-state index in [0.717, 1.165) is 25.8 Å². The average molecular weight is 272 g/mol. The van der Waals surface area contributed by atoms with Crippen molar-refractivity contribution >= 4 is 11.9 Å². The molecule has 1 heterocycles. The summed E-state index contributed by atoms with van der Waals surface area (Å²) in [4.78, 5) is 25.0. The van der Waals surface area contributed by atoms with Crippen LogP contribution in [0.5, 0.6) is 0 Å². The van der Waals surface area contributed by atoms with Crippen molar-refractivity contribution in [1.29, 1.82) is 0 Å². The van der Waals surface area contributed by atoms with Crippen LogP contribution in [0.1, 0.15) is 26.2 Å². The smallest absolute Gasteiger partial charge is 0.323 e. The van der Waals surface area contributed by atoms with Gasteiger partial charge in [-0.05, 0) is 19.4 Å². The number of hydrogen-bond acceptors (Lipinski definition) is 4. The molecule has 110 valence electrons. The Kier molecular flexibility index (Phi) is 6.24. The van der Waals surface area contributed by atoms with Crippen LogP contribution in [0.2, 0.25) is 0 Å². The van der Waals surface area contributed by atoms with Crippen molar-refractivity contribution in [3.63, 3.8) is 0 Å². The Balaban J connectivity index is 2.79. The molecule has 0 spiro atoms. The van der Waals surface area contributed by atoms with Gasteiger partial charge < -0.3 is 20.1 Å². The van der Waals surface area contributed by atoms with Crippen LogP contribution in [-0.2, 0) is 14.3 Å². The van der Waals surface area contributed by atoms with Crippen molar-refractivity contribution in [3.8, 4) is 0 Å². The number of methoxy groups -OCH3 is 1. The maximum atomic E-state index is 12.7. The van der Waals surface area contributed by atoms with Crippen LogP contribution in [0, 0.1) is 5.41 Å². The van der Waals surface area contributed by atoms with E-state index >= 15 is 0 Å². The average Bonchev–Trinajstić information content (AvgIpc) is 2.83. The van der Waals surface area contributed by atoms with Crippen molar-refractivity contribution in [2.45, 2.75) is 26.2 Å². The minimum atomic E-state index is -0.984. The van der Waals surface area contributed by atoms with E-state index in [1.807, 2.05) is 6.92 Å². The first-order chi connectivity index (χ1) is 9.05. The van der Waals surface area contributed by atoms with Crippen LogP contribution in [0.3, 0.4) is 0 Å². The van der Waals surface area contributed by atoms with Gasteiger partial charge in [-0.15, -0.1) is 0 Å². The number of carboxylic acid groups (broad SMARTS) is 1. The summed E-state index contributed by atoms with van der Waals surface area (Å²) in [5.41, 5.74) is -0.433. The van der Waals surface area contributed by atoms with Gasteiger partial charge >= 0.3 is 5.97 Å². The number of nitrogens with one attached hydrogen (secondary N) is 1. The van der Waals surface area contributed by atoms with Crippen LogP contribution < -0.4 is 5.32 Å². The van der Waals surface area contributed by atoms with E-state index in [1.165, 1.54) is 4.90 Å². The van der Waals surface area contributed by atoms with Gasteiger partial charge in [-0.2, -0.15) is 0 Å². The highest BCUT2D eigenvalue weighted by Crippen LogP contribution is 2.33. The molecule has 6 nitrogen and oxygen atoms in total. The van der Waals surface area contributed by atoms with Crippen LogP contribution in [0.15, 0.2) is 0 Å². The second kappa shape index (κ2) is 7.45. The number of amides is 1. The molecule has 0 aromatic heterocycles. The predicted octanol–water partition coefficient (Wildman–Crippen LogP) is 0.326. The normalized spacial score (nSPS) is 22.4. The fourth-order valence-corrected chi connectivity index (χ4v) is 2.68. The third-order valence-corrected chi connectivity index (χ3v) is 3.60. The highest BCUT2D eigenvalue weighted by Gasteiger charge is 2.42. The summed E-state index contributed by atoms with van der Waals surface area (Å²) in [6, 6.07) is 0. The summed E-state index contributed by atoms with van der Waals surface area (Å²) >= 11 is 0. The van der Waals surface area contributed by atoms with Crippen molar-refractivity contribution in [2.24, 2.45) is 5.41 Å². The summed E-state index contributed by atoms with van der Waals surface area (Å²) < 4.78 is 4.96. The fraction of sp³-hybridized carbons (Fsp3) is 0.846. The zero-order chi connectivity index (χ0) is 14.3. The highest BCUT2D eigenvalue weighted by atomic mass is 16.5. The number of carbonyl (C=O) groups excluding carboxylic acids is 1. The summed E-state index contributed by atoms with van der Waals surface area (Å²) in [5, 5.41) is 12.2. The van der Waals surface area contributed by atoms with E-state index in [-0.39, 0.29) is 12.5 Å². The fourth-order valence-electron chi connectivity index (χ4n) is 2.68. The molecule has 0 radical (unpaired) electrons. The lowest BCUT2D eigenvalue weighted by molar-refractivity contribution is -0.150. The molecule has 1 rings (SSSR count). The third-order valence-electron chi connectivity index (χ3n) is 3.60. The molecule has 0 aromatic rings. The maximum absolute atomic E-state index is 12.7. The predicted molar refractivity (Wildman–Crippen MR) is 70.9 cm³/mol. The number of carboxylic acids is 1. The number of nitrogens with zero attached hydrogens (tertiary/aromatic N) is 1. The number of ether oxygens (including phenoxy) is 1. The Bertz CT molecular complexity index is 314. The second-order valence-corrected chi connectivity index (χ2v) is 5.07. The molecule has 1 aliphatic heterocycles. The van der Waals surface area contributed by atoms with Gasteiger partial charge in [0, 0.05) is 20.2 Å². The zero-order valence-corrected chi connectivity index (χ0v) is 11.8. The third kappa shape index (κ3) is 4.18. The summed E-state index contributed by atoms with van der Waals surface area (Å²) in [7, 11) is 1.54. The van der Waals surface area contributed by atoms with Gasteiger partial charge in [-0.3, -0.25) is 9.59 Å². The number of carbonyl (C=O) groups is 2. The van der Waals surface area contributed by atoms with E-state index < -0.39 is 11.4 Å². The minimum Gasteiger partial charge on any atom is -0.480 e. The first-order valence-corrected chi connectivity index (χ1v) is 6.76. The quantitative estimate of drug-likeness (QED) is 0.665. The Labute approximate surface area is 114 Å². The first kappa shape index (κ1) is 15.9. The molecule has 0 bridgehead atoms. The molecule has 1 fully saturated rings. The number of aliphatic carboxylic acids is 1. The lowest BCUT2D eigenvalue weighted by Gasteiger charge is -2.33. The zero-order valence-electron chi connectivity index (χ0n) is 11.8. The molecule has 1 unspecified atom stereocenters. The minimum absolute atomic E-state index is 0.0567. The lowest BCUT2D eigenvalue weighted by atomic mass is 9.81. The van der Waals surface area contributed by atoms with E-state index in [9.17, 15) is 9.59 Å². The van der Waals surface area contributed by atoms with Gasteiger partial charge in [0.2, 0.25) is 5.91 Å². The maximum Gasteiger partial charge on any atom is 0.323 e. The molecular weight excluding hydrogens is 248 g/mol. The van der Waals surface area contributed by atoms with E-state index in [4.69, 9.17) is 9.84 Å². The van der Waals surface area contributed by atoms with Gasteiger partial charge in [0.1, 0.15) is 6.54 Å². The molecule has 0 aromatic carbocycles. The monoisotopic (exact) mass is 272 g/mol. The Morgan fingerprint density at radius 3 is 2.68 bits per heavy atom. The van der Waals surface area contributed by atoms with Crippen molar-refractivity contribution in [3.05, 3.63) is 0 Å². The molecule has 0 aliphatic carbocycles. The van der Waals surface area contributed by atoms with E-state index in [2.05, 4.69) is 5.32 Å². The topological polar surface area (TPSA) is 78.9 Å². The van der Waals surface area contributed by atoms with Crippen molar-refractivity contribution in [1.82, 2.24) is 10.2 Å². The standard InChI is InChI=1S/C13H24N2O4/c1-3-4-13(5-6-14-10-13)12(18)15(7-8-19-2)9-11(16)17/h14H,3-10H2,1-2H3,(H,16,17). The van der Waals surface area contributed by atoms with Gasteiger partial charge in [0.05, 0.1) is 12.0 Å². The summed E-state index contributed by atoms with van der Waals surface area (Å²) in [6.45, 7) is 3.93. The number of rotatable bonds is 8. The second-order valence-electron chi connectivity index (χ2n) is 5.07. The Hall–Kier alpha value is -1.14. The molecule has 1 atom stereocenters. The summed E-state index contributed by atoms with van der Waals surface area (Å²) in [6.07, 6.45) is 2.49. The SMILES string of the molecule is CCCC1(C(=O)N(CCOC)CC(=O)O)CCNC1. The van der Waals surface area contributed by atoms with Gasteiger partial charge in [0.25, 0.3) is 0 Å². The van der Waals surface area contributed by atoms with Crippen molar-refractivity contribution < 1.29 is 19.4 Å². The Morgan fingerprint density at radius 1 is 1.47 bits per heavy atom. The lowest BCUT2D eigenvalue weighted by Crippen LogP contribution is -2.48. The van der Waals surface area contributed by atoms with Gasteiger partial charge in [-0.1, -0.05) is 13.3 Å². The molecule has 1 amide bonds.